The van der Waals surface area contributed by atoms with Crippen LogP contribution < -0.4 is 9.80 Å². The molecule has 0 saturated carbocycles. The minimum atomic E-state index is 0.0937. The molecule has 4 rings (SSSR count). The smallest absolute Gasteiger partial charge is 0.265 e. The summed E-state index contributed by atoms with van der Waals surface area (Å²) in [6.45, 7) is 7.00. The lowest BCUT2D eigenvalue weighted by Crippen LogP contribution is -2.49. The first kappa shape index (κ1) is 17.2. The fourth-order valence-electron chi connectivity index (χ4n) is 3.57. The summed E-state index contributed by atoms with van der Waals surface area (Å²) in [5.74, 6) is 1.96. The summed E-state index contributed by atoms with van der Waals surface area (Å²) in [5, 5.41) is 8.87. The Labute approximate surface area is 157 Å². The Hall–Kier alpha value is -2.22. The van der Waals surface area contributed by atoms with E-state index in [9.17, 15) is 4.79 Å². The minimum absolute atomic E-state index is 0.0937. The Balaban J connectivity index is 1.35. The molecule has 0 bridgehead atoms. The number of carbonyl (C=O) groups is 1. The van der Waals surface area contributed by atoms with E-state index in [1.54, 1.807) is 5.51 Å². The van der Waals surface area contributed by atoms with Crippen LogP contribution in [0.2, 0.25) is 0 Å². The quantitative estimate of drug-likeness (QED) is 0.823. The molecule has 2 aliphatic heterocycles. The molecule has 0 aromatic carbocycles. The molecule has 0 radical (unpaired) electrons. The Kier molecular flexibility index (Phi) is 5.01. The Morgan fingerprint density at radius 3 is 2.08 bits per heavy atom. The van der Waals surface area contributed by atoms with Crippen LogP contribution >= 0.6 is 11.3 Å². The number of aryl methyl sites for hydroxylation is 1. The second-order valence-electron chi connectivity index (χ2n) is 6.84. The van der Waals surface area contributed by atoms with Gasteiger partial charge in [0.15, 0.2) is 11.6 Å². The first-order chi connectivity index (χ1) is 12.7. The molecule has 138 valence electrons. The largest absolute Gasteiger partial charge is 0.355 e. The van der Waals surface area contributed by atoms with Crippen molar-refractivity contribution in [1.82, 2.24) is 20.1 Å². The number of amides is 1. The lowest BCUT2D eigenvalue weighted by Gasteiger charge is -2.35. The molecular weight excluding hydrogens is 348 g/mol. The lowest BCUT2D eigenvalue weighted by atomic mass is 10.1. The number of aromatic nitrogens is 3. The molecule has 2 aliphatic rings. The maximum atomic E-state index is 12.6. The number of piperidine rings is 1. The molecule has 2 aromatic rings. The lowest BCUT2D eigenvalue weighted by molar-refractivity contribution is 0.0750. The SMILES string of the molecule is Cc1ncsc1C(=O)N1CCN(c2ccc(N3CCCCC3)nn2)CC1. The van der Waals surface area contributed by atoms with E-state index in [0.717, 1.165) is 48.4 Å². The topological polar surface area (TPSA) is 65.5 Å². The molecule has 2 fully saturated rings. The normalized spacial score (nSPS) is 18.3. The Bertz CT molecular complexity index is 747. The summed E-state index contributed by atoms with van der Waals surface area (Å²) in [6, 6.07) is 4.13. The number of hydrogen-bond acceptors (Lipinski definition) is 7. The molecule has 26 heavy (non-hydrogen) atoms. The van der Waals surface area contributed by atoms with Gasteiger partial charge in [0.25, 0.3) is 5.91 Å². The summed E-state index contributed by atoms with van der Waals surface area (Å²) >= 11 is 1.42. The van der Waals surface area contributed by atoms with E-state index in [2.05, 4.69) is 37.1 Å². The van der Waals surface area contributed by atoms with Crippen LogP contribution in [0.5, 0.6) is 0 Å². The van der Waals surface area contributed by atoms with Crippen LogP contribution in [0.25, 0.3) is 0 Å². The molecule has 0 N–H and O–H groups in total. The standard InChI is InChI=1S/C18H24N6OS/c1-14-17(26-13-19-14)18(25)24-11-9-23(10-12-24)16-6-5-15(20-21-16)22-7-3-2-4-8-22/h5-6,13H,2-4,7-12H2,1H3. The van der Waals surface area contributed by atoms with Crippen molar-refractivity contribution < 1.29 is 4.79 Å². The molecule has 0 aliphatic carbocycles. The van der Waals surface area contributed by atoms with E-state index in [0.29, 0.717) is 13.1 Å². The number of hydrogen-bond donors (Lipinski definition) is 0. The van der Waals surface area contributed by atoms with Crippen LogP contribution in [-0.4, -0.2) is 65.3 Å². The van der Waals surface area contributed by atoms with Crippen molar-refractivity contribution in [3.63, 3.8) is 0 Å². The maximum Gasteiger partial charge on any atom is 0.265 e. The number of carbonyl (C=O) groups excluding carboxylic acids is 1. The molecule has 0 unspecified atom stereocenters. The summed E-state index contributed by atoms with van der Waals surface area (Å²) < 4.78 is 0. The number of rotatable bonds is 3. The zero-order valence-corrected chi connectivity index (χ0v) is 15.9. The third kappa shape index (κ3) is 3.51. The van der Waals surface area contributed by atoms with Crippen molar-refractivity contribution >= 4 is 28.9 Å². The van der Waals surface area contributed by atoms with Gasteiger partial charge in [-0.1, -0.05) is 0 Å². The molecule has 0 spiro atoms. The molecule has 0 atom stereocenters. The van der Waals surface area contributed by atoms with Crippen LogP contribution in [0, 0.1) is 6.92 Å². The zero-order chi connectivity index (χ0) is 17.9. The van der Waals surface area contributed by atoms with E-state index in [-0.39, 0.29) is 5.91 Å². The molecule has 7 nitrogen and oxygen atoms in total. The van der Waals surface area contributed by atoms with Crippen molar-refractivity contribution in [1.29, 1.82) is 0 Å². The van der Waals surface area contributed by atoms with E-state index in [1.807, 2.05) is 11.8 Å². The third-order valence-electron chi connectivity index (χ3n) is 5.15. The number of anilines is 2. The summed E-state index contributed by atoms with van der Waals surface area (Å²) in [7, 11) is 0. The van der Waals surface area contributed by atoms with Gasteiger partial charge in [-0.15, -0.1) is 21.5 Å². The van der Waals surface area contributed by atoms with Gasteiger partial charge < -0.3 is 14.7 Å². The molecule has 2 aromatic heterocycles. The van der Waals surface area contributed by atoms with Crippen molar-refractivity contribution in [2.24, 2.45) is 0 Å². The van der Waals surface area contributed by atoms with E-state index < -0.39 is 0 Å². The second-order valence-corrected chi connectivity index (χ2v) is 7.70. The average Bonchev–Trinajstić information content (AvgIpc) is 3.14. The van der Waals surface area contributed by atoms with Gasteiger partial charge in [-0.2, -0.15) is 0 Å². The van der Waals surface area contributed by atoms with Crippen molar-refractivity contribution in [2.75, 3.05) is 49.1 Å². The molecule has 4 heterocycles. The highest BCUT2D eigenvalue weighted by atomic mass is 32.1. The summed E-state index contributed by atoms with van der Waals surface area (Å²) in [4.78, 5) is 24.0. The highest BCUT2D eigenvalue weighted by Gasteiger charge is 2.25. The van der Waals surface area contributed by atoms with Gasteiger partial charge in [0, 0.05) is 39.3 Å². The summed E-state index contributed by atoms with van der Waals surface area (Å²) in [6.07, 6.45) is 3.78. The van der Waals surface area contributed by atoms with Crippen LogP contribution in [0.3, 0.4) is 0 Å². The third-order valence-corrected chi connectivity index (χ3v) is 6.06. The highest BCUT2D eigenvalue weighted by molar-refractivity contribution is 7.11. The number of thiazole rings is 1. The predicted octanol–water partition coefficient (Wildman–Crippen LogP) is 2.19. The Morgan fingerprint density at radius 2 is 1.54 bits per heavy atom. The molecule has 8 heteroatoms. The highest BCUT2D eigenvalue weighted by Crippen LogP contribution is 2.21. The van der Waals surface area contributed by atoms with Gasteiger partial charge in [0.2, 0.25) is 0 Å². The van der Waals surface area contributed by atoms with Gasteiger partial charge in [0.1, 0.15) is 4.88 Å². The van der Waals surface area contributed by atoms with Gasteiger partial charge in [-0.25, -0.2) is 4.98 Å². The van der Waals surface area contributed by atoms with Crippen LogP contribution in [0.1, 0.15) is 34.6 Å². The van der Waals surface area contributed by atoms with E-state index in [1.165, 1.54) is 30.6 Å². The summed E-state index contributed by atoms with van der Waals surface area (Å²) in [5.41, 5.74) is 2.56. The van der Waals surface area contributed by atoms with Gasteiger partial charge in [-0.05, 0) is 38.3 Å². The number of piperazine rings is 1. The monoisotopic (exact) mass is 372 g/mol. The maximum absolute atomic E-state index is 12.6. The fourth-order valence-corrected chi connectivity index (χ4v) is 4.34. The van der Waals surface area contributed by atoms with Crippen molar-refractivity contribution in [2.45, 2.75) is 26.2 Å². The Morgan fingerprint density at radius 1 is 0.923 bits per heavy atom. The number of nitrogens with zero attached hydrogens (tertiary/aromatic N) is 6. The van der Waals surface area contributed by atoms with Crippen molar-refractivity contribution in [3.8, 4) is 0 Å². The van der Waals surface area contributed by atoms with Crippen LogP contribution in [0.15, 0.2) is 17.6 Å². The second kappa shape index (κ2) is 7.57. The van der Waals surface area contributed by atoms with Gasteiger partial charge in [-0.3, -0.25) is 4.79 Å². The fraction of sp³-hybridized carbons (Fsp3) is 0.556. The van der Waals surface area contributed by atoms with E-state index in [4.69, 9.17) is 0 Å². The molecular formula is C18H24N6OS. The average molecular weight is 372 g/mol. The zero-order valence-electron chi connectivity index (χ0n) is 15.1. The van der Waals surface area contributed by atoms with Crippen LogP contribution in [-0.2, 0) is 0 Å². The molecule has 1 amide bonds. The van der Waals surface area contributed by atoms with Gasteiger partial charge in [0.05, 0.1) is 11.2 Å². The first-order valence-electron chi connectivity index (χ1n) is 9.25. The predicted molar refractivity (Wildman–Crippen MR) is 103 cm³/mol. The van der Waals surface area contributed by atoms with Gasteiger partial charge >= 0.3 is 0 Å². The van der Waals surface area contributed by atoms with Crippen LogP contribution in [0.4, 0.5) is 11.6 Å². The van der Waals surface area contributed by atoms with Crippen molar-refractivity contribution in [3.05, 3.63) is 28.2 Å². The minimum Gasteiger partial charge on any atom is -0.355 e. The van der Waals surface area contributed by atoms with E-state index >= 15 is 0 Å². The first-order valence-corrected chi connectivity index (χ1v) is 10.1. The molecule has 2 saturated heterocycles.